The number of rotatable bonds is 15. The topological polar surface area (TPSA) is 287 Å². The maximum atomic E-state index is 13.6. The maximum Gasteiger partial charge on any atom is 1.00 e. The number of pyridine rings is 1. The Balaban J connectivity index is 0.00000420. The summed E-state index contributed by atoms with van der Waals surface area (Å²) in [6.45, 7) is 1.81. The Morgan fingerprint density at radius 3 is 2.29 bits per heavy atom. The zero-order chi connectivity index (χ0) is 39.3. The van der Waals surface area contributed by atoms with Gasteiger partial charge in [0.05, 0.1) is 17.6 Å². The summed E-state index contributed by atoms with van der Waals surface area (Å²) in [6, 6.07) is 5.36. The molecule has 2 amide bonds. The molecule has 56 heavy (non-hydrogen) atoms. The summed E-state index contributed by atoms with van der Waals surface area (Å²) in [5.41, 5.74) is 4.82. The van der Waals surface area contributed by atoms with E-state index >= 15 is 0 Å². The van der Waals surface area contributed by atoms with Crippen LogP contribution in [0.15, 0.2) is 69.4 Å². The third kappa shape index (κ3) is 11.3. The van der Waals surface area contributed by atoms with Gasteiger partial charge in [-0.3, -0.25) is 24.1 Å². The van der Waals surface area contributed by atoms with E-state index in [-0.39, 0.29) is 111 Å². The number of carbonyl (C=O) groups is 7. The summed E-state index contributed by atoms with van der Waals surface area (Å²) in [5, 5.41) is 41.9. The molecule has 0 radical (unpaired) electrons. The Kier molecular flexibility index (Phi) is 16.9. The molecule has 2 unspecified atom stereocenters. The Morgan fingerprint density at radius 2 is 1.71 bits per heavy atom. The molecule has 282 valence electrons. The van der Waals surface area contributed by atoms with Gasteiger partial charge in [-0.05, 0) is 17.7 Å². The van der Waals surface area contributed by atoms with Gasteiger partial charge in [-0.2, -0.15) is 4.57 Å². The number of ether oxygens (including phenoxy) is 2. The molecule has 2 aromatic heterocycles. The first-order valence-electron chi connectivity index (χ1n) is 15.3. The smallest absolute Gasteiger partial charge is 0.546 e. The fourth-order valence-corrected chi connectivity index (χ4v) is 7.98. The number of nitrogens with one attached hydrogen (secondary N) is 1. The van der Waals surface area contributed by atoms with E-state index in [1.54, 1.807) is 12.1 Å². The van der Waals surface area contributed by atoms with Gasteiger partial charge in [-0.25, -0.2) is 4.98 Å². The number of nitrogen functional groups attached to an aromatic ring is 1. The van der Waals surface area contributed by atoms with Crippen LogP contribution < -0.4 is 99.5 Å². The number of hydrogen-bond donors (Lipinski definition) is 2. The van der Waals surface area contributed by atoms with Crippen LogP contribution in [0, 0.1) is 0 Å². The summed E-state index contributed by atoms with van der Waals surface area (Å²) in [6.07, 6.45) is 1.03. The van der Waals surface area contributed by atoms with E-state index < -0.39 is 64.9 Å². The summed E-state index contributed by atoms with van der Waals surface area (Å²) in [4.78, 5) is 96.3. The molecule has 4 heterocycles. The second kappa shape index (κ2) is 20.4. The largest absolute Gasteiger partial charge is 1.00 e. The van der Waals surface area contributed by atoms with Crippen molar-refractivity contribution in [3.8, 4) is 11.5 Å². The number of oxime groups is 1. The quantitative estimate of drug-likeness (QED) is 0.0210. The second-order valence-electron chi connectivity index (χ2n) is 11.2. The average molecular weight is 845 g/mol. The normalized spacial score (nSPS) is 16.5. The van der Waals surface area contributed by atoms with Crippen LogP contribution in [0.25, 0.3) is 0 Å². The summed E-state index contributed by atoms with van der Waals surface area (Å²) >= 11 is 3.34. The number of thioether (sulfide) groups is 2. The van der Waals surface area contributed by atoms with Gasteiger partial charge in [0.25, 0.3) is 11.8 Å². The van der Waals surface area contributed by atoms with Crippen molar-refractivity contribution < 1.29 is 127 Å². The van der Waals surface area contributed by atoms with E-state index in [1.165, 1.54) is 45.9 Å². The fourth-order valence-electron chi connectivity index (χ4n) is 5.06. The molecule has 2 aliphatic heterocycles. The molecule has 2 aliphatic rings. The van der Waals surface area contributed by atoms with Gasteiger partial charge in [-0.15, -0.1) is 34.9 Å². The molecule has 0 aliphatic carbocycles. The zero-order valence-corrected chi connectivity index (χ0v) is 36.3. The third-order valence-corrected chi connectivity index (χ3v) is 10.4. The van der Waals surface area contributed by atoms with E-state index in [0.717, 1.165) is 48.3 Å². The minimum atomic E-state index is -2.02. The van der Waals surface area contributed by atoms with E-state index in [1.807, 2.05) is 0 Å². The number of carbonyl (C=O) groups excluding carboxylic acids is 7. The molecule has 0 saturated carbocycles. The van der Waals surface area contributed by atoms with Gasteiger partial charge in [0.2, 0.25) is 0 Å². The Bertz CT molecular complexity index is 2120. The number of carboxylic acid groups (broad SMARTS) is 3. The predicted molar refractivity (Wildman–Crippen MR) is 180 cm³/mol. The number of benzene rings is 1. The van der Waals surface area contributed by atoms with Gasteiger partial charge < -0.3 is 55.1 Å². The molecule has 3 N–H and O–H groups in total. The van der Waals surface area contributed by atoms with Gasteiger partial charge in [0.15, 0.2) is 47.4 Å². The van der Waals surface area contributed by atoms with Gasteiger partial charge in [0.1, 0.15) is 23.1 Å². The first kappa shape index (κ1) is 46.4. The van der Waals surface area contributed by atoms with E-state index in [9.17, 15) is 48.9 Å². The predicted octanol–water partition coefficient (Wildman–Crippen LogP) is -8.97. The number of β-lactam (4-membered cyclic amide) rings is 1. The van der Waals surface area contributed by atoms with Crippen LogP contribution in [0.1, 0.15) is 31.2 Å². The third-order valence-electron chi connectivity index (χ3n) is 7.33. The molecule has 0 bridgehead atoms. The standard InChI is InChI=1S/C32H28N6O13S3.2Na/c1-14(39)49-20-4-3-16(9-21(20)50-15(2)40)26(31(47)48)51-36-23(19-13-54-32(33)34-19)27(43)35-24-28(44)38-25(30(45)46)17(12-53-29(24)38)11-52-18-5-7-37(8-6-18)10-22(41)42;;/h3-9,13,24,26,29H,10-12H2,1-2H3,(H5-,33,34,35,41,42,43,45,46,47,48);;/q;2*+1/p-2/t24?,26?,29-;;/m1../s1. The van der Waals surface area contributed by atoms with Crippen molar-refractivity contribution in [3.63, 3.8) is 0 Å². The van der Waals surface area contributed by atoms with Gasteiger partial charge in [-0.1, -0.05) is 11.2 Å². The first-order valence-corrected chi connectivity index (χ1v) is 18.2. The number of aromatic nitrogens is 2. The van der Waals surface area contributed by atoms with Gasteiger partial charge >= 0.3 is 71.1 Å². The van der Waals surface area contributed by atoms with Crippen molar-refractivity contribution in [1.29, 1.82) is 0 Å². The molecule has 3 aromatic rings. The Hall–Kier alpha value is -4.00. The van der Waals surface area contributed by atoms with Crippen LogP contribution in [-0.4, -0.2) is 80.2 Å². The maximum absolute atomic E-state index is 13.6. The minimum Gasteiger partial charge on any atom is -0.546 e. The van der Waals surface area contributed by atoms with Crippen LogP contribution in [0.2, 0.25) is 0 Å². The van der Waals surface area contributed by atoms with Crippen LogP contribution in [0.3, 0.4) is 0 Å². The van der Waals surface area contributed by atoms with E-state index in [0.29, 0.717) is 10.5 Å². The summed E-state index contributed by atoms with van der Waals surface area (Å²) in [5.74, 6) is -8.33. The minimum absolute atomic E-state index is 0. The number of hydrogen-bond acceptors (Lipinski definition) is 19. The number of amides is 2. The molecule has 24 heteroatoms. The van der Waals surface area contributed by atoms with Gasteiger partial charge in [0, 0.05) is 53.3 Å². The van der Waals surface area contributed by atoms with Crippen LogP contribution in [-0.2, 0) is 44.9 Å². The van der Waals surface area contributed by atoms with Crippen molar-refractivity contribution in [1.82, 2.24) is 15.2 Å². The molecule has 0 spiro atoms. The van der Waals surface area contributed by atoms with E-state index in [4.69, 9.17) is 20.0 Å². The number of fused-ring (bicyclic) bond motifs is 1. The average Bonchev–Trinajstić information content (AvgIpc) is 3.53. The van der Waals surface area contributed by atoms with Crippen LogP contribution in [0.5, 0.6) is 11.5 Å². The SMILES string of the molecule is CC(=O)Oc1ccc(C(ON=C(C(=O)NC2C(=O)N3C(C(=O)[O-])=C(CSc4cc[n+](CC(=O)[O-])cc4)CS[C@H]23)c2csc(N)n2)C(=O)[O-])cc1OC(C)=O.[Na+].[Na+]. The number of carboxylic acids is 3. The van der Waals surface area contributed by atoms with Crippen molar-refractivity contribution in [2.45, 2.75) is 42.8 Å². The molecule has 3 atom stereocenters. The zero-order valence-electron chi connectivity index (χ0n) is 29.9. The summed E-state index contributed by atoms with van der Waals surface area (Å²) in [7, 11) is 0. The molecule has 1 aromatic carbocycles. The van der Waals surface area contributed by atoms with Crippen molar-refractivity contribution in [2.24, 2.45) is 5.16 Å². The molecule has 19 nitrogen and oxygen atoms in total. The number of thiazole rings is 1. The van der Waals surface area contributed by atoms with Crippen LogP contribution in [0.4, 0.5) is 5.13 Å². The number of nitrogens with zero attached hydrogens (tertiary/aromatic N) is 4. The molecular weight excluding hydrogens is 819 g/mol. The van der Waals surface area contributed by atoms with E-state index in [2.05, 4.69) is 15.5 Å². The second-order valence-corrected chi connectivity index (χ2v) is 14.2. The van der Waals surface area contributed by atoms with Crippen molar-refractivity contribution in [3.05, 3.63) is 70.6 Å². The van der Waals surface area contributed by atoms with Crippen molar-refractivity contribution >= 4 is 87.4 Å². The molecule has 1 saturated heterocycles. The van der Waals surface area contributed by atoms with Crippen LogP contribution >= 0.6 is 34.9 Å². The fraction of sp³-hybridized carbons (Fsp3) is 0.250. The number of anilines is 1. The van der Waals surface area contributed by atoms with Crippen molar-refractivity contribution in [2.75, 3.05) is 17.2 Å². The Morgan fingerprint density at radius 1 is 1.05 bits per heavy atom. The Labute approximate surface area is 373 Å². The number of aliphatic carboxylic acids is 3. The molecule has 5 rings (SSSR count). The monoisotopic (exact) mass is 844 g/mol. The number of esters is 2. The molecule has 1 fully saturated rings. The first-order chi connectivity index (χ1) is 25.6. The summed E-state index contributed by atoms with van der Waals surface area (Å²) < 4.78 is 11.4. The molecular formula is C32H26N6Na2O13S3. The number of nitrogens with two attached hydrogens (primary N) is 1.